The van der Waals surface area contributed by atoms with Crippen LogP contribution >= 0.6 is 0 Å². The summed E-state index contributed by atoms with van der Waals surface area (Å²) in [5, 5.41) is 2.28. The first-order valence-electron chi connectivity index (χ1n) is 11.0. The molecule has 3 aliphatic rings. The summed E-state index contributed by atoms with van der Waals surface area (Å²) >= 11 is 0. The average Bonchev–Trinajstić information content (AvgIpc) is 3.04. The fourth-order valence-corrected chi connectivity index (χ4v) is 4.29. The Labute approximate surface area is 195 Å². The molecule has 1 unspecified atom stereocenters. The van der Waals surface area contributed by atoms with Crippen molar-refractivity contribution in [1.82, 2.24) is 4.98 Å². The highest BCUT2D eigenvalue weighted by atomic mass is 19.4. The molecule has 1 aliphatic carbocycles. The van der Waals surface area contributed by atoms with Crippen LogP contribution in [0.1, 0.15) is 35.5 Å². The van der Waals surface area contributed by atoms with Crippen LogP contribution in [0.2, 0.25) is 0 Å². The second kappa shape index (κ2) is 8.32. The standard InChI is InChI=1S/C22H21F6N3O4/c23-13-7-12(1-2-14(13)34-16-9-33-11-21(16,24)25)29-18(32)17-15(8-22(26,27)28)35-19(30-17)31-6-5-20(10-31)3-4-20/h1-2,7,16H,3-6,8-11H2,(H,29,32). The summed E-state index contributed by atoms with van der Waals surface area (Å²) in [6, 6.07) is 2.95. The molecular formula is C22H21F6N3O4. The van der Waals surface area contributed by atoms with Crippen LogP contribution in [0, 0.1) is 11.2 Å². The zero-order valence-electron chi connectivity index (χ0n) is 18.3. The Kier molecular flexibility index (Phi) is 5.65. The van der Waals surface area contributed by atoms with Crippen LogP contribution in [0.4, 0.5) is 38.0 Å². The number of rotatable bonds is 6. The minimum Gasteiger partial charge on any atom is -0.479 e. The summed E-state index contributed by atoms with van der Waals surface area (Å²) in [4.78, 5) is 18.5. The highest BCUT2D eigenvalue weighted by Gasteiger charge is 2.49. The minimum atomic E-state index is -4.65. The number of hydrogen-bond donors (Lipinski definition) is 1. The van der Waals surface area contributed by atoms with Gasteiger partial charge in [-0.05, 0) is 36.8 Å². The number of alkyl halides is 5. The molecule has 2 aliphatic heterocycles. The van der Waals surface area contributed by atoms with Crippen LogP contribution < -0.4 is 15.0 Å². The summed E-state index contributed by atoms with van der Waals surface area (Å²) in [5.74, 6) is -6.49. The molecule has 1 aromatic heterocycles. The number of ether oxygens (including phenoxy) is 2. The Morgan fingerprint density at radius 2 is 2.03 bits per heavy atom. The number of nitrogens with zero attached hydrogens (tertiary/aromatic N) is 2. The van der Waals surface area contributed by atoms with E-state index in [-0.39, 0.29) is 17.1 Å². The van der Waals surface area contributed by atoms with Gasteiger partial charge in [-0.1, -0.05) is 0 Å². The lowest BCUT2D eigenvalue weighted by Gasteiger charge is -2.19. The molecular weight excluding hydrogens is 484 g/mol. The van der Waals surface area contributed by atoms with E-state index in [9.17, 15) is 31.1 Å². The van der Waals surface area contributed by atoms with Gasteiger partial charge in [0, 0.05) is 24.8 Å². The molecule has 3 heterocycles. The molecule has 5 rings (SSSR count). The maximum absolute atomic E-state index is 14.4. The quantitative estimate of drug-likeness (QED) is 0.580. The Morgan fingerprint density at radius 1 is 1.26 bits per heavy atom. The third-order valence-electron chi connectivity index (χ3n) is 6.42. The minimum absolute atomic E-state index is 0.0622. The number of aromatic nitrogens is 1. The van der Waals surface area contributed by atoms with Gasteiger partial charge in [0.2, 0.25) is 0 Å². The van der Waals surface area contributed by atoms with Crippen molar-refractivity contribution in [3.63, 3.8) is 0 Å². The highest BCUT2D eigenvalue weighted by molar-refractivity contribution is 6.03. The number of carbonyl (C=O) groups excluding carboxylic acids is 1. The van der Waals surface area contributed by atoms with Crippen molar-refractivity contribution in [2.75, 3.05) is 36.5 Å². The lowest BCUT2D eigenvalue weighted by atomic mass is 10.1. The first kappa shape index (κ1) is 23.8. The third-order valence-corrected chi connectivity index (χ3v) is 6.42. The second-order valence-electron chi connectivity index (χ2n) is 9.21. The van der Waals surface area contributed by atoms with Crippen LogP contribution in [-0.2, 0) is 11.2 Å². The normalized spacial score (nSPS) is 22.6. The highest BCUT2D eigenvalue weighted by Crippen LogP contribution is 2.53. The zero-order chi connectivity index (χ0) is 25.0. The van der Waals surface area contributed by atoms with Gasteiger partial charge in [0.05, 0.1) is 6.61 Å². The molecule has 35 heavy (non-hydrogen) atoms. The fraction of sp³-hybridized carbons (Fsp3) is 0.545. The predicted octanol–water partition coefficient (Wildman–Crippen LogP) is 4.57. The van der Waals surface area contributed by atoms with Crippen molar-refractivity contribution in [2.45, 2.75) is 43.9 Å². The lowest BCUT2D eigenvalue weighted by Crippen LogP contribution is -2.36. The number of hydrogen-bond acceptors (Lipinski definition) is 6. The van der Waals surface area contributed by atoms with E-state index in [2.05, 4.69) is 15.0 Å². The maximum Gasteiger partial charge on any atom is 0.396 e. The molecule has 2 aromatic rings. The summed E-state index contributed by atoms with van der Waals surface area (Å²) in [6.07, 6.45) is -4.88. The molecule has 1 aromatic carbocycles. The summed E-state index contributed by atoms with van der Waals surface area (Å²) < 4.78 is 96.0. The number of amides is 1. The van der Waals surface area contributed by atoms with Crippen LogP contribution in [0.3, 0.4) is 0 Å². The average molecular weight is 505 g/mol. The maximum atomic E-state index is 14.4. The van der Waals surface area contributed by atoms with Gasteiger partial charge in [-0.15, -0.1) is 0 Å². The van der Waals surface area contributed by atoms with Crippen LogP contribution in [-0.4, -0.2) is 55.4 Å². The van der Waals surface area contributed by atoms with Crippen molar-refractivity contribution in [3.05, 3.63) is 35.5 Å². The van der Waals surface area contributed by atoms with Gasteiger partial charge in [0.15, 0.2) is 23.4 Å². The number of oxazole rings is 1. The number of nitrogens with one attached hydrogen (secondary N) is 1. The monoisotopic (exact) mass is 505 g/mol. The SMILES string of the molecule is O=C(Nc1ccc(OC2COCC2(F)F)c(F)c1)c1nc(N2CCC3(CC3)C2)oc1CC(F)(F)F. The molecule has 2 saturated heterocycles. The Balaban J connectivity index is 1.32. The molecule has 3 fully saturated rings. The number of anilines is 2. The van der Waals surface area contributed by atoms with Gasteiger partial charge in [-0.3, -0.25) is 4.79 Å². The first-order valence-corrected chi connectivity index (χ1v) is 11.0. The number of benzene rings is 1. The molecule has 0 bridgehead atoms. The molecule has 0 radical (unpaired) electrons. The first-order chi connectivity index (χ1) is 16.4. The Bertz CT molecular complexity index is 1130. The van der Waals surface area contributed by atoms with Crippen molar-refractivity contribution in [1.29, 1.82) is 0 Å². The van der Waals surface area contributed by atoms with Gasteiger partial charge >= 0.3 is 12.1 Å². The second-order valence-corrected chi connectivity index (χ2v) is 9.21. The molecule has 1 spiro atoms. The van der Waals surface area contributed by atoms with Gasteiger partial charge in [-0.2, -0.15) is 26.9 Å². The van der Waals surface area contributed by atoms with E-state index in [1.54, 1.807) is 4.90 Å². The van der Waals surface area contributed by atoms with Crippen molar-refractivity contribution >= 4 is 17.6 Å². The smallest absolute Gasteiger partial charge is 0.396 e. The van der Waals surface area contributed by atoms with Gasteiger partial charge in [0.1, 0.15) is 18.8 Å². The van der Waals surface area contributed by atoms with Gasteiger partial charge in [-0.25, -0.2) is 4.39 Å². The van der Waals surface area contributed by atoms with Crippen molar-refractivity contribution in [2.24, 2.45) is 5.41 Å². The predicted molar refractivity (Wildman–Crippen MR) is 109 cm³/mol. The fourth-order valence-electron chi connectivity index (χ4n) is 4.29. The van der Waals surface area contributed by atoms with Gasteiger partial charge in [0.25, 0.3) is 11.9 Å². The van der Waals surface area contributed by atoms with E-state index in [0.29, 0.717) is 13.1 Å². The van der Waals surface area contributed by atoms with Crippen LogP contribution in [0.5, 0.6) is 5.75 Å². The Morgan fingerprint density at radius 3 is 2.63 bits per heavy atom. The third kappa shape index (κ3) is 5.04. The van der Waals surface area contributed by atoms with E-state index >= 15 is 0 Å². The topological polar surface area (TPSA) is 76.8 Å². The van der Waals surface area contributed by atoms with Crippen LogP contribution in [0.15, 0.2) is 22.6 Å². The van der Waals surface area contributed by atoms with E-state index in [0.717, 1.165) is 31.4 Å². The molecule has 13 heteroatoms. The number of carbonyl (C=O) groups is 1. The van der Waals surface area contributed by atoms with E-state index in [1.807, 2.05) is 0 Å². The molecule has 1 saturated carbocycles. The Hall–Kier alpha value is -2.96. The summed E-state index contributed by atoms with van der Waals surface area (Å²) in [7, 11) is 0. The lowest BCUT2D eigenvalue weighted by molar-refractivity contribution is -0.130. The largest absolute Gasteiger partial charge is 0.479 e. The van der Waals surface area contributed by atoms with E-state index in [4.69, 9.17) is 9.15 Å². The van der Waals surface area contributed by atoms with Crippen molar-refractivity contribution < 1.29 is 45.0 Å². The molecule has 1 atom stereocenters. The molecule has 1 N–H and O–H groups in total. The zero-order valence-corrected chi connectivity index (χ0v) is 18.3. The molecule has 7 nitrogen and oxygen atoms in total. The van der Waals surface area contributed by atoms with Crippen molar-refractivity contribution in [3.8, 4) is 5.75 Å². The molecule has 190 valence electrons. The van der Waals surface area contributed by atoms with E-state index < -0.39 is 66.8 Å². The van der Waals surface area contributed by atoms with Gasteiger partial charge < -0.3 is 24.1 Å². The summed E-state index contributed by atoms with van der Waals surface area (Å²) in [6.45, 7) is -0.103. The summed E-state index contributed by atoms with van der Waals surface area (Å²) in [5.41, 5.74) is -0.538. The molecule has 1 amide bonds. The van der Waals surface area contributed by atoms with E-state index in [1.165, 1.54) is 6.07 Å². The van der Waals surface area contributed by atoms with Crippen LogP contribution in [0.25, 0.3) is 0 Å². The number of halogens is 6.